The van der Waals surface area contributed by atoms with Gasteiger partial charge in [0.25, 0.3) is 0 Å². The molecule has 0 bridgehead atoms. The highest BCUT2D eigenvalue weighted by Crippen LogP contribution is 2.18. The molecule has 1 heterocycles. The zero-order valence-corrected chi connectivity index (χ0v) is 14.5. The summed E-state index contributed by atoms with van der Waals surface area (Å²) in [4.78, 5) is 14.7. The summed E-state index contributed by atoms with van der Waals surface area (Å²) >= 11 is 0. The van der Waals surface area contributed by atoms with Crippen LogP contribution in [-0.4, -0.2) is 42.5 Å². The van der Waals surface area contributed by atoms with Crippen LogP contribution in [0.4, 0.5) is 0 Å². The molecule has 21 heavy (non-hydrogen) atoms. The van der Waals surface area contributed by atoms with Crippen LogP contribution in [-0.2, 0) is 4.79 Å². The maximum absolute atomic E-state index is 12.1. The van der Waals surface area contributed by atoms with E-state index in [1.807, 2.05) is 6.92 Å². The van der Waals surface area contributed by atoms with Crippen LogP contribution in [0.5, 0.6) is 0 Å². The number of hydrogen-bond acceptors (Lipinski definition) is 3. The first kappa shape index (κ1) is 18.4. The van der Waals surface area contributed by atoms with Crippen LogP contribution in [0.25, 0.3) is 0 Å². The molecular formula is C17H35N3O. The van der Waals surface area contributed by atoms with Crippen molar-refractivity contribution in [3.8, 4) is 0 Å². The molecule has 1 aliphatic heterocycles. The predicted octanol–water partition coefficient (Wildman–Crippen LogP) is 2.38. The van der Waals surface area contributed by atoms with Gasteiger partial charge in [-0.15, -0.1) is 0 Å². The number of nitrogens with zero attached hydrogens (tertiary/aromatic N) is 1. The number of amides is 1. The third-order valence-electron chi connectivity index (χ3n) is 4.57. The number of carbonyl (C=O) groups excluding carboxylic acids is 1. The van der Waals surface area contributed by atoms with Crippen molar-refractivity contribution < 1.29 is 4.79 Å². The van der Waals surface area contributed by atoms with Gasteiger partial charge in [0.2, 0.25) is 5.91 Å². The van der Waals surface area contributed by atoms with E-state index in [0.29, 0.717) is 5.92 Å². The third-order valence-corrected chi connectivity index (χ3v) is 4.57. The van der Waals surface area contributed by atoms with E-state index in [4.69, 9.17) is 5.73 Å². The fourth-order valence-electron chi connectivity index (χ4n) is 2.93. The van der Waals surface area contributed by atoms with Gasteiger partial charge in [-0.1, -0.05) is 27.2 Å². The second kappa shape index (κ2) is 8.74. The first-order valence-corrected chi connectivity index (χ1v) is 8.64. The fraction of sp³-hybridized carbons (Fsp3) is 0.941. The Morgan fingerprint density at radius 3 is 2.52 bits per heavy atom. The van der Waals surface area contributed by atoms with Gasteiger partial charge in [0.1, 0.15) is 0 Å². The van der Waals surface area contributed by atoms with Gasteiger partial charge in [0.15, 0.2) is 0 Å². The van der Waals surface area contributed by atoms with Crippen molar-refractivity contribution in [2.24, 2.45) is 17.6 Å². The lowest BCUT2D eigenvalue weighted by molar-refractivity contribution is -0.126. The van der Waals surface area contributed by atoms with Gasteiger partial charge in [-0.3, -0.25) is 4.79 Å². The molecule has 1 amide bonds. The van der Waals surface area contributed by atoms with Gasteiger partial charge in [-0.05, 0) is 64.1 Å². The molecule has 0 radical (unpaired) electrons. The lowest BCUT2D eigenvalue weighted by atomic mass is 9.94. The molecule has 1 rings (SSSR count). The highest BCUT2D eigenvalue weighted by atomic mass is 16.2. The minimum atomic E-state index is -0.716. The molecule has 3 N–H and O–H groups in total. The molecule has 0 aromatic heterocycles. The van der Waals surface area contributed by atoms with Crippen LogP contribution in [0.1, 0.15) is 59.8 Å². The lowest BCUT2D eigenvalue weighted by Gasteiger charge is -2.33. The van der Waals surface area contributed by atoms with Crippen molar-refractivity contribution in [3.63, 3.8) is 0 Å². The Morgan fingerprint density at radius 2 is 2.00 bits per heavy atom. The summed E-state index contributed by atoms with van der Waals surface area (Å²) in [6, 6.07) is 0. The van der Waals surface area contributed by atoms with E-state index >= 15 is 0 Å². The number of nitrogens with two attached hydrogens (primary N) is 1. The maximum Gasteiger partial charge on any atom is 0.239 e. The number of likely N-dealkylation sites (tertiary alicyclic amines) is 1. The number of carbonyl (C=O) groups is 1. The van der Waals surface area contributed by atoms with Crippen molar-refractivity contribution in [2.75, 3.05) is 26.2 Å². The SMILES string of the molecule is CCCC(C)(N)C(=O)NCC1CCN(CCC(C)C)CC1. The summed E-state index contributed by atoms with van der Waals surface area (Å²) in [6.45, 7) is 12.8. The minimum Gasteiger partial charge on any atom is -0.354 e. The van der Waals surface area contributed by atoms with Crippen LogP contribution in [0.15, 0.2) is 0 Å². The predicted molar refractivity (Wildman–Crippen MR) is 89.1 cm³/mol. The van der Waals surface area contributed by atoms with E-state index in [9.17, 15) is 4.79 Å². The first-order valence-electron chi connectivity index (χ1n) is 8.64. The Bertz CT molecular complexity index is 307. The van der Waals surface area contributed by atoms with E-state index in [0.717, 1.165) is 25.3 Å². The lowest BCUT2D eigenvalue weighted by Crippen LogP contribution is -2.52. The minimum absolute atomic E-state index is 0.00610. The van der Waals surface area contributed by atoms with Gasteiger partial charge in [-0.2, -0.15) is 0 Å². The Kier molecular flexibility index (Phi) is 7.67. The highest BCUT2D eigenvalue weighted by Gasteiger charge is 2.28. The fourth-order valence-corrected chi connectivity index (χ4v) is 2.93. The largest absolute Gasteiger partial charge is 0.354 e. The molecule has 0 aromatic carbocycles. The van der Waals surface area contributed by atoms with Crippen molar-refractivity contribution in [1.82, 2.24) is 10.2 Å². The van der Waals surface area contributed by atoms with Crippen molar-refractivity contribution in [1.29, 1.82) is 0 Å². The van der Waals surface area contributed by atoms with Crippen molar-refractivity contribution in [2.45, 2.75) is 65.3 Å². The Labute approximate surface area is 130 Å². The van der Waals surface area contributed by atoms with Crippen LogP contribution in [0.3, 0.4) is 0 Å². The number of piperidine rings is 1. The normalized spacial score (nSPS) is 20.5. The van der Waals surface area contributed by atoms with E-state index in [-0.39, 0.29) is 5.91 Å². The summed E-state index contributed by atoms with van der Waals surface area (Å²) in [6.07, 6.45) is 5.34. The Hall–Kier alpha value is -0.610. The van der Waals surface area contributed by atoms with Crippen molar-refractivity contribution in [3.05, 3.63) is 0 Å². The van der Waals surface area contributed by atoms with Gasteiger partial charge in [0, 0.05) is 6.54 Å². The van der Waals surface area contributed by atoms with Gasteiger partial charge in [-0.25, -0.2) is 0 Å². The number of rotatable bonds is 8. The molecule has 1 unspecified atom stereocenters. The molecule has 4 heteroatoms. The topological polar surface area (TPSA) is 58.4 Å². The van der Waals surface area contributed by atoms with Crippen LogP contribution < -0.4 is 11.1 Å². The maximum atomic E-state index is 12.1. The molecule has 0 aromatic rings. The number of hydrogen-bond donors (Lipinski definition) is 2. The molecule has 0 aliphatic carbocycles. The molecular weight excluding hydrogens is 262 g/mol. The molecule has 0 saturated carbocycles. The standard InChI is InChI=1S/C17H35N3O/c1-5-9-17(4,18)16(21)19-13-15-7-11-20(12-8-15)10-6-14(2)3/h14-15H,5-13,18H2,1-4H3,(H,19,21). The number of nitrogens with one attached hydrogen (secondary N) is 1. The van der Waals surface area contributed by atoms with Gasteiger partial charge in [0.05, 0.1) is 5.54 Å². The average molecular weight is 297 g/mol. The quantitative estimate of drug-likeness (QED) is 0.723. The monoisotopic (exact) mass is 297 g/mol. The summed E-state index contributed by atoms with van der Waals surface area (Å²) in [5.41, 5.74) is 5.34. The highest BCUT2D eigenvalue weighted by molar-refractivity contribution is 5.85. The second-order valence-electron chi connectivity index (χ2n) is 7.35. The molecule has 1 atom stereocenters. The van der Waals surface area contributed by atoms with Gasteiger partial charge >= 0.3 is 0 Å². The average Bonchev–Trinajstić information content (AvgIpc) is 2.43. The Balaban J connectivity index is 2.22. The summed E-state index contributed by atoms with van der Waals surface area (Å²) in [7, 11) is 0. The second-order valence-corrected chi connectivity index (χ2v) is 7.35. The first-order chi connectivity index (χ1) is 9.85. The van der Waals surface area contributed by atoms with E-state index in [1.54, 1.807) is 0 Å². The zero-order chi connectivity index (χ0) is 15.9. The molecule has 1 fully saturated rings. The summed E-state index contributed by atoms with van der Waals surface area (Å²) in [5.74, 6) is 1.40. The van der Waals surface area contributed by atoms with Crippen LogP contribution >= 0.6 is 0 Å². The molecule has 1 aliphatic rings. The van der Waals surface area contributed by atoms with Crippen LogP contribution in [0.2, 0.25) is 0 Å². The van der Waals surface area contributed by atoms with E-state index in [1.165, 1.54) is 38.9 Å². The van der Waals surface area contributed by atoms with Crippen molar-refractivity contribution >= 4 is 5.91 Å². The zero-order valence-electron chi connectivity index (χ0n) is 14.5. The van der Waals surface area contributed by atoms with E-state index in [2.05, 4.69) is 31.0 Å². The third kappa shape index (κ3) is 6.79. The summed E-state index contributed by atoms with van der Waals surface area (Å²) in [5, 5.41) is 3.06. The molecule has 124 valence electrons. The van der Waals surface area contributed by atoms with E-state index < -0.39 is 5.54 Å². The van der Waals surface area contributed by atoms with Gasteiger partial charge < -0.3 is 16.0 Å². The van der Waals surface area contributed by atoms with Crippen LogP contribution in [0, 0.1) is 11.8 Å². The summed E-state index contributed by atoms with van der Waals surface area (Å²) < 4.78 is 0. The molecule has 0 spiro atoms. The molecule has 4 nitrogen and oxygen atoms in total. The molecule has 1 saturated heterocycles. The smallest absolute Gasteiger partial charge is 0.239 e. The Morgan fingerprint density at radius 1 is 1.38 bits per heavy atom.